The van der Waals surface area contributed by atoms with Crippen LogP contribution in [0.15, 0.2) is 48.0 Å². The molecule has 3 aliphatic rings. The minimum atomic E-state index is -1.28. The van der Waals surface area contributed by atoms with Crippen LogP contribution in [0.4, 0.5) is 5.69 Å². The molecule has 0 aliphatic carbocycles. The number of imide groups is 1. The van der Waals surface area contributed by atoms with Crippen molar-refractivity contribution in [3.8, 4) is 0 Å². The summed E-state index contributed by atoms with van der Waals surface area (Å²) in [6.07, 6.45) is 1.63. The molecule has 24 heavy (non-hydrogen) atoms. The highest BCUT2D eigenvalue weighted by Gasteiger charge is 2.68. The zero-order chi connectivity index (χ0) is 17.1. The van der Waals surface area contributed by atoms with Crippen molar-refractivity contribution in [2.45, 2.75) is 5.54 Å². The van der Waals surface area contributed by atoms with Gasteiger partial charge in [0, 0.05) is 17.8 Å². The lowest BCUT2D eigenvalue weighted by atomic mass is 9.77. The van der Waals surface area contributed by atoms with Crippen molar-refractivity contribution in [3.63, 3.8) is 0 Å². The SMILES string of the molecule is C=CCN1C(=O)C2(N/C(=C\S)C3C(=O)NC(=O)C32)c2ccccc21. The Kier molecular flexibility index (Phi) is 3.11. The summed E-state index contributed by atoms with van der Waals surface area (Å²) in [4.78, 5) is 39.6. The number of para-hydroxylation sites is 1. The molecule has 2 N–H and O–H groups in total. The Hall–Kier alpha value is -2.54. The molecule has 3 amide bonds. The molecule has 2 fully saturated rings. The number of carbonyl (C=O) groups is 3. The largest absolute Gasteiger partial charge is 0.369 e. The smallest absolute Gasteiger partial charge is 0.258 e. The highest BCUT2D eigenvalue weighted by molar-refractivity contribution is 7.83. The molecule has 7 heteroatoms. The molecule has 1 aromatic rings. The van der Waals surface area contributed by atoms with Gasteiger partial charge in [0.05, 0.1) is 17.5 Å². The van der Waals surface area contributed by atoms with Crippen LogP contribution in [-0.4, -0.2) is 24.3 Å². The number of hydrogen-bond donors (Lipinski definition) is 3. The monoisotopic (exact) mass is 341 g/mol. The van der Waals surface area contributed by atoms with Crippen molar-refractivity contribution >= 4 is 36.0 Å². The maximum atomic E-state index is 13.3. The maximum absolute atomic E-state index is 13.3. The van der Waals surface area contributed by atoms with Gasteiger partial charge in [-0.15, -0.1) is 19.2 Å². The summed E-state index contributed by atoms with van der Waals surface area (Å²) in [5.74, 6) is -2.65. The Morgan fingerprint density at radius 3 is 2.71 bits per heavy atom. The highest BCUT2D eigenvalue weighted by Crippen LogP contribution is 2.54. The van der Waals surface area contributed by atoms with Gasteiger partial charge >= 0.3 is 0 Å². The molecule has 6 nitrogen and oxygen atoms in total. The van der Waals surface area contributed by atoms with Gasteiger partial charge in [0.2, 0.25) is 11.8 Å². The molecule has 0 radical (unpaired) electrons. The average Bonchev–Trinajstić information content (AvgIpc) is 3.16. The van der Waals surface area contributed by atoms with E-state index >= 15 is 0 Å². The Morgan fingerprint density at radius 1 is 1.25 bits per heavy atom. The first kappa shape index (κ1) is 15.0. The van der Waals surface area contributed by atoms with Gasteiger partial charge in [0.1, 0.15) is 0 Å². The van der Waals surface area contributed by atoms with Crippen LogP contribution in [0.25, 0.3) is 0 Å². The third-order valence-electron chi connectivity index (χ3n) is 4.94. The molecule has 3 aliphatic heterocycles. The second-order valence-electron chi connectivity index (χ2n) is 6.05. The molecule has 0 saturated carbocycles. The predicted octanol–water partition coefficient (Wildman–Crippen LogP) is 0.678. The zero-order valence-electron chi connectivity index (χ0n) is 12.7. The number of nitrogens with one attached hydrogen (secondary N) is 2. The second kappa shape index (κ2) is 4.98. The first-order valence-corrected chi connectivity index (χ1v) is 8.07. The fourth-order valence-corrected chi connectivity index (χ4v) is 4.28. The van der Waals surface area contributed by atoms with Crippen molar-refractivity contribution in [1.29, 1.82) is 0 Å². The first-order valence-electron chi connectivity index (χ1n) is 7.55. The summed E-state index contributed by atoms with van der Waals surface area (Å²) in [6, 6.07) is 7.30. The number of nitrogens with zero attached hydrogens (tertiary/aromatic N) is 1. The average molecular weight is 341 g/mol. The molecule has 1 spiro atoms. The van der Waals surface area contributed by atoms with Gasteiger partial charge in [-0.25, -0.2) is 0 Å². The summed E-state index contributed by atoms with van der Waals surface area (Å²) >= 11 is 4.15. The first-order chi connectivity index (χ1) is 11.6. The molecule has 2 saturated heterocycles. The molecular formula is C17H15N3O3S. The number of hydrogen-bond acceptors (Lipinski definition) is 5. The lowest BCUT2D eigenvalue weighted by molar-refractivity contribution is -0.133. The topological polar surface area (TPSA) is 78.5 Å². The van der Waals surface area contributed by atoms with Gasteiger partial charge in [0.15, 0.2) is 5.54 Å². The van der Waals surface area contributed by atoms with Crippen LogP contribution in [0.2, 0.25) is 0 Å². The number of fused-ring (bicyclic) bond motifs is 4. The van der Waals surface area contributed by atoms with Crippen LogP contribution < -0.4 is 15.5 Å². The van der Waals surface area contributed by atoms with E-state index in [1.165, 1.54) is 5.41 Å². The van der Waals surface area contributed by atoms with Crippen LogP contribution in [0.5, 0.6) is 0 Å². The van der Waals surface area contributed by atoms with Crippen molar-refractivity contribution in [2.75, 3.05) is 11.4 Å². The van der Waals surface area contributed by atoms with Crippen LogP contribution in [0, 0.1) is 11.8 Å². The van der Waals surface area contributed by atoms with E-state index in [-0.39, 0.29) is 5.91 Å². The van der Waals surface area contributed by atoms with Gasteiger partial charge in [-0.2, -0.15) is 0 Å². The molecule has 3 unspecified atom stereocenters. The summed E-state index contributed by atoms with van der Waals surface area (Å²) in [7, 11) is 0. The van der Waals surface area contributed by atoms with E-state index in [1.54, 1.807) is 11.0 Å². The van der Waals surface area contributed by atoms with E-state index in [0.29, 0.717) is 17.8 Å². The minimum Gasteiger partial charge on any atom is -0.369 e. The number of benzene rings is 1. The number of anilines is 1. The molecule has 4 rings (SSSR count). The maximum Gasteiger partial charge on any atom is 0.258 e. The molecule has 1 aromatic carbocycles. The Bertz CT molecular complexity index is 834. The minimum absolute atomic E-state index is 0.256. The number of amides is 3. The summed E-state index contributed by atoms with van der Waals surface area (Å²) in [5, 5.41) is 6.95. The van der Waals surface area contributed by atoms with Crippen molar-refractivity contribution in [1.82, 2.24) is 10.6 Å². The van der Waals surface area contributed by atoms with Crippen LogP contribution in [0.1, 0.15) is 5.56 Å². The Labute approximate surface area is 144 Å². The molecule has 3 atom stereocenters. The Balaban J connectivity index is 1.97. The van der Waals surface area contributed by atoms with Crippen LogP contribution in [0.3, 0.4) is 0 Å². The van der Waals surface area contributed by atoms with E-state index < -0.39 is 29.2 Å². The number of thiol groups is 1. The van der Waals surface area contributed by atoms with Crippen molar-refractivity contribution < 1.29 is 14.4 Å². The molecule has 0 aromatic heterocycles. The molecule has 0 bridgehead atoms. The van der Waals surface area contributed by atoms with Crippen LogP contribution in [-0.2, 0) is 19.9 Å². The lowest BCUT2D eigenvalue weighted by Crippen LogP contribution is -2.53. The zero-order valence-corrected chi connectivity index (χ0v) is 13.5. The fraction of sp³-hybridized carbons (Fsp3) is 0.235. The van der Waals surface area contributed by atoms with Gasteiger partial charge in [-0.05, 0) is 11.5 Å². The normalized spacial score (nSPS) is 32.1. The van der Waals surface area contributed by atoms with E-state index in [4.69, 9.17) is 0 Å². The van der Waals surface area contributed by atoms with Crippen LogP contribution >= 0.6 is 12.6 Å². The number of rotatable bonds is 2. The lowest BCUT2D eigenvalue weighted by Gasteiger charge is -2.28. The molecule has 3 heterocycles. The summed E-state index contributed by atoms with van der Waals surface area (Å²) in [6.45, 7) is 4.03. The Morgan fingerprint density at radius 2 is 2.00 bits per heavy atom. The number of carbonyl (C=O) groups excluding carboxylic acids is 3. The molecule has 122 valence electrons. The van der Waals surface area contributed by atoms with Gasteiger partial charge in [0.25, 0.3) is 5.91 Å². The van der Waals surface area contributed by atoms with Crippen molar-refractivity contribution in [2.24, 2.45) is 11.8 Å². The quantitative estimate of drug-likeness (QED) is 0.420. The summed E-state index contributed by atoms with van der Waals surface area (Å²) in [5.41, 5.74) is 0.619. The van der Waals surface area contributed by atoms with E-state index in [2.05, 4.69) is 29.8 Å². The van der Waals surface area contributed by atoms with Gasteiger partial charge < -0.3 is 10.2 Å². The van der Waals surface area contributed by atoms with Gasteiger partial charge in [-0.1, -0.05) is 24.3 Å². The van der Waals surface area contributed by atoms with Crippen molar-refractivity contribution in [3.05, 3.63) is 53.6 Å². The summed E-state index contributed by atoms with van der Waals surface area (Å²) < 4.78 is 0. The third-order valence-corrected chi connectivity index (χ3v) is 5.22. The second-order valence-corrected chi connectivity index (χ2v) is 6.31. The van der Waals surface area contributed by atoms with E-state index in [9.17, 15) is 14.4 Å². The molecular weight excluding hydrogens is 326 g/mol. The highest BCUT2D eigenvalue weighted by atomic mass is 32.1. The van der Waals surface area contributed by atoms with E-state index in [0.717, 1.165) is 5.69 Å². The fourth-order valence-electron chi connectivity index (χ4n) is 4.05. The van der Waals surface area contributed by atoms with E-state index in [1.807, 2.05) is 24.3 Å². The van der Waals surface area contributed by atoms with Gasteiger partial charge in [-0.3, -0.25) is 19.7 Å². The standard InChI is InChI=1S/C17H15N3O3S/c1-2-7-20-11-6-4-3-5-9(11)17(16(20)23)13-12(10(8-24)19-17)14(21)18-15(13)22/h2-6,8,12-13,19,24H,1,7H2,(H,18,21,22)/b10-8-. The predicted molar refractivity (Wildman–Crippen MR) is 91.0 cm³/mol. The third kappa shape index (κ3) is 1.60.